The minimum absolute atomic E-state index is 0.0663. The van der Waals surface area contributed by atoms with E-state index in [-0.39, 0.29) is 24.0 Å². The van der Waals surface area contributed by atoms with E-state index in [0.717, 1.165) is 25.2 Å². The average Bonchev–Trinajstić information content (AvgIpc) is 2.38. The van der Waals surface area contributed by atoms with Crippen LogP contribution in [-0.4, -0.2) is 29.1 Å². The van der Waals surface area contributed by atoms with Gasteiger partial charge in [0.25, 0.3) is 0 Å². The Hall–Kier alpha value is -1.68. The molecule has 1 fully saturated rings. The third kappa shape index (κ3) is 2.40. The molecule has 4 nitrogen and oxygen atoms in total. The normalized spacial score (nSPS) is 24.3. The van der Waals surface area contributed by atoms with Crippen LogP contribution < -0.4 is 5.73 Å². The van der Waals surface area contributed by atoms with Crippen LogP contribution in [0.4, 0.5) is 5.69 Å². The number of anilines is 1. The molecule has 1 atom stereocenters. The highest BCUT2D eigenvalue weighted by Crippen LogP contribution is 2.26. The van der Waals surface area contributed by atoms with Crippen LogP contribution in [0.15, 0.2) is 18.2 Å². The summed E-state index contributed by atoms with van der Waals surface area (Å²) in [6.07, 6.45) is 2.28. The Morgan fingerprint density at radius 3 is 2.79 bits per heavy atom. The zero-order chi connectivity index (χ0) is 13.4. The topological polar surface area (TPSA) is 63.4 Å². The molecule has 0 bridgehead atoms. The van der Waals surface area contributed by atoms with Crippen LogP contribution in [0.1, 0.15) is 30.4 Å². The van der Waals surface area contributed by atoms with E-state index in [4.69, 9.17) is 5.73 Å². The molecule has 2 aliphatic rings. The van der Waals surface area contributed by atoms with Gasteiger partial charge in [0.15, 0.2) is 5.78 Å². The molecule has 19 heavy (non-hydrogen) atoms. The molecule has 0 spiro atoms. The molecule has 2 N–H and O–H groups in total. The van der Waals surface area contributed by atoms with Gasteiger partial charge in [-0.1, -0.05) is 6.07 Å². The third-order valence-electron chi connectivity index (χ3n) is 4.15. The van der Waals surface area contributed by atoms with Crippen molar-refractivity contribution in [2.24, 2.45) is 0 Å². The molecule has 1 aliphatic carbocycles. The maximum absolute atomic E-state index is 12.0. The Kier molecular flexibility index (Phi) is 3.11. The number of hydrogen-bond acceptors (Lipinski definition) is 4. The lowest BCUT2D eigenvalue weighted by Gasteiger charge is -2.36. The number of nitrogens with zero attached hydrogens (tertiary/aromatic N) is 1. The van der Waals surface area contributed by atoms with Crippen molar-refractivity contribution in [3.05, 3.63) is 29.3 Å². The van der Waals surface area contributed by atoms with Gasteiger partial charge in [0.1, 0.15) is 5.78 Å². The molecule has 0 aromatic heterocycles. The number of nitrogen functional groups attached to an aromatic ring is 1. The number of Topliss-reactive ketones (excluding diaryl/α,β-unsaturated/α-hetero) is 2. The molecule has 0 saturated heterocycles. The molecule has 100 valence electrons. The molecule has 1 aromatic rings. The predicted octanol–water partition coefficient (Wildman–Crippen LogP) is 1.32. The summed E-state index contributed by atoms with van der Waals surface area (Å²) < 4.78 is 0. The third-order valence-corrected chi connectivity index (χ3v) is 4.15. The molecule has 1 aromatic carbocycles. The lowest BCUT2D eigenvalue weighted by atomic mass is 9.89. The quantitative estimate of drug-likeness (QED) is 0.609. The van der Waals surface area contributed by atoms with Gasteiger partial charge in [0.2, 0.25) is 0 Å². The summed E-state index contributed by atoms with van der Waals surface area (Å²) in [6.45, 7) is 1.67. The molecular weight excluding hydrogens is 240 g/mol. The standard InChI is InChI=1S/C15H18N2O2/c16-12-2-1-11-9-17(6-5-10(11)7-12)14-4-3-13(18)8-15(14)19/h1-2,7,14H,3-6,8-9,16H2. The van der Waals surface area contributed by atoms with E-state index < -0.39 is 0 Å². The zero-order valence-electron chi connectivity index (χ0n) is 10.9. The second kappa shape index (κ2) is 4.78. The molecule has 0 radical (unpaired) electrons. The molecule has 4 heteroatoms. The van der Waals surface area contributed by atoms with Gasteiger partial charge in [0, 0.05) is 25.2 Å². The van der Waals surface area contributed by atoms with Crippen molar-refractivity contribution in [3.63, 3.8) is 0 Å². The Bertz CT molecular complexity index is 539. The van der Waals surface area contributed by atoms with Crippen molar-refractivity contribution in [2.75, 3.05) is 12.3 Å². The van der Waals surface area contributed by atoms with Crippen molar-refractivity contribution in [3.8, 4) is 0 Å². The molecule has 1 heterocycles. The second-order valence-electron chi connectivity index (χ2n) is 5.48. The van der Waals surface area contributed by atoms with E-state index in [2.05, 4.69) is 11.0 Å². The Morgan fingerprint density at radius 2 is 2.00 bits per heavy atom. The average molecular weight is 258 g/mol. The largest absolute Gasteiger partial charge is 0.399 e. The number of fused-ring (bicyclic) bond motifs is 1. The van der Waals surface area contributed by atoms with Crippen LogP contribution in [-0.2, 0) is 22.6 Å². The number of carbonyl (C=O) groups is 2. The summed E-state index contributed by atoms with van der Waals surface area (Å²) in [6, 6.07) is 5.92. The molecular formula is C15H18N2O2. The first-order valence-corrected chi connectivity index (χ1v) is 6.79. The first-order valence-electron chi connectivity index (χ1n) is 6.79. The lowest BCUT2D eigenvalue weighted by molar-refractivity contribution is -0.134. The number of carbonyl (C=O) groups excluding carboxylic acids is 2. The van der Waals surface area contributed by atoms with Crippen LogP contribution in [0.5, 0.6) is 0 Å². The fraction of sp³-hybridized carbons (Fsp3) is 0.467. The van der Waals surface area contributed by atoms with Crippen LogP contribution in [0.25, 0.3) is 0 Å². The summed E-state index contributed by atoms with van der Waals surface area (Å²) in [5, 5.41) is 0. The fourth-order valence-electron chi connectivity index (χ4n) is 3.11. The monoisotopic (exact) mass is 258 g/mol. The summed E-state index contributed by atoms with van der Waals surface area (Å²) in [5.41, 5.74) is 9.13. The van der Waals surface area contributed by atoms with E-state index >= 15 is 0 Å². The van der Waals surface area contributed by atoms with Crippen LogP contribution in [0, 0.1) is 0 Å². The van der Waals surface area contributed by atoms with Gasteiger partial charge in [-0.05, 0) is 36.1 Å². The Labute approximate surface area is 112 Å². The number of nitrogens with two attached hydrogens (primary N) is 1. The number of hydrogen-bond donors (Lipinski definition) is 1. The molecule has 0 amide bonds. The van der Waals surface area contributed by atoms with Crippen molar-refractivity contribution in [1.82, 2.24) is 4.90 Å². The van der Waals surface area contributed by atoms with Crippen LogP contribution in [0.2, 0.25) is 0 Å². The summed E-state index contributed by atoms with van der Waals surface area (Å²) in [7, 11) is 0. The number of benzene rings is 1. The van der Waals surface area contributed by atoms with Gasteiger partial charge in [-0.25, -0.2) is 0 Å². The van der Waals surface area contributed by atoms with E-state index in [1.807, 2.05) is 12.1 Å². The van der Waals surface area contributed by atoms with Crippen molar-refractivity contribution in [1.29, 1.82) is 0 Å². The second-order valence-corrected chi connectivity index (χ2v) is 5.48. The SMILES string of the molecule is Nc1ccc2c(c1)CCN(C1CCC(=O)CC1=O)C2. The van der Waals surface area contributed by atoms with Gasteiger partial charge in [-0.15, -0.1) is 0 Å². The Balaban J connectivity index is 1.77. The highest BCUT2D eigenvalue weighted by Gasteiger charge is 2.33. The minimum atomic E-state index is -0.0663. The number of ketones is 2. The summed E-state index contributed by atoms with van der Waals surface area (Å²) in [4.78, 5) is 25.5. The van der Waals surface area contributed by atoms with E-state index in [1.165, 1.54) is 11.1 Å². The van der Waals surface area contributed by atoms with E-state index in [0.29, 0.717) is 12.8 Å². The highest BCUT2D eigenvalue weighted by molar-refractivity contribution is 6.03. The highest BCUT2D eigenvalue weighted by atomic mass is 16.2. The van der Waals surface area contributed by atoms with Gasteiger partial charge in [0.05, 0.1) is 12.5 Å². The van der Waals surface area contributed by atoms with Crippen molar-refractivity contribution >= 4 is 17.3 Å². The first-order chi connectivity index (χ1) is 9.13. The molecule has 1 unspecified atom stereocenters. The van der Waals surface area contributed by atoms with E-state index in [1.54, 1.807) is 0 Å². The summed E-state index contributed by atoms with van der Waals surface area (Å²) >= 11 is 0. The maximum atomic E-state index is 12.0. The van der Waals surface area contributed by atoms with Gasteiger partial charge >= 0.3 is 0 Å². The lowest BCUT2D eigenvalue weighted by Crippen LogP contribution is -2.46. The first kappa shape index (κ1) is 12.4. The minimum Gasteiger partial charge on any atom is -0.399 e. The Morgan fingerprint density at radius 1 is 1.16 bits per heavy atom. The van der Waals surface area contributed by atoms with E-state index in [9.17, 15) is 9.59 Å². The van der Waals surface area contributed by atoms with Crippen molar-refractivity contribution in [2.45, 2.75) is 38.3 Å². The molecule has 3 rings (SSSR count). The van der Waals surface area contributed by atoms with Gasteiger partial charge in [-0.2, -0.15) is 0 Å². The van der Waals surface area contributed by atoms with Crippen LogP contribution in [0.3, 0.4) is 0 Å². The molecule has 1 saturated carbocycles. The molecule has 1 aliphatic heterocycles. The predicted molar refractivity (Wildman–Crippen MR) is 72.6 cm³/mol. The summed E-state index contributed by atoms with van der Waals surface area (Å²) in [5.74, 6) is 0.182. The number of rotatable bonds is 1. The van der Waals surface area contributed by atoms with Gasteiger partial charge < -0.3 is 5.73 Å². The maximum Gasteiger partial charge on any atom is 0.157 e. The fourth-order valence-corrected chi connectivity index (χ4v) is 3.11. The van der Waals surface area contributed by atoms with Crippen molar-refractivity contribution < 1.29 is 9.59 Å². The zero-order valence-corrected chi connectivity index (χ0v) is 10.9. The smallest absolute Gasteiger partial charge is 0.157 e. The van der Waals surface area contributed by atoms with Crippen LogP contribution >= 0.6 is 0 Å². The van der Waals surface area contributed by atoms with Gasteiger partial charge in [-0.3, -0.25) is 14.5 Å².